The SMILES string of the molecule is C=C1C[C@H](C(C)=O)[C@@H](c2ccccc2)C1C. The molecule has 1 aliphatic carbocycles. The van der Waals surface area contributed by atoms with Gasteiger partial charge in [-0.1, -0.05) is 49.4 Å². The van der Waals surface area contributed by atoms with Crippen LogP contribution in [-0.4, -0.2) is 5.78 Å². The van der Waals surface area contributed by atoms with Crippen molar-refractivity contribution < 1.29 is 4.79 Å². The first-order valence-electron chi connectivity index (χ1n) is 5.84. The molecule has 0 aliphatic heterocycles. The molecule has 3 atom stereocenters. The monoisotopic (exact) mass is 214 g/mol. The lowest BCUT2D eigenvalue weighted by Gasteiger charge is -2.21. The second kappa shape index (κ2) is 4.25. The van der Waals surface area contributed by atoms with Gasteiger partial charge in [-0.15, -0.1) is 0 Å². The van der Waals surface area contributed by atoms with E-state index in [1.54, 1.807) is 6.92 Å². The molecular formula is C15H18O. The Hall–Kier alpha value is -1.37. The summed E-state index contributed by atoms with van der Waals surface area (Å²) in [4.78, 5) is 11.7. The first kappa shape index (κ1) is 11.1. The van der Waals surface area contributed by atoms with Crippen LogP contribution in [0, 0.1) is 11.8 Å². The number of hydrogen-bond acceptors (Lipinski definition) is 1. The van der Waals surface area contributed by atoms with Crippen LogP contribution in [0.3, 0.4) is 0 Å². The number of Topliss-reactive ketones (excluding diaryl/α,β-unsaturated/α-hetero) is 1. The van der Waals surface area contributed by atoms with Crippen molar-refractivity contribution in [3.8, 4) is 0 Å². The van der Waals surface area contributed by atoms with Crippen LogP contribution in [0.25, 0.3) is 0 Å². The second-order valence-corrected chi connectivity index (χ2v) is 4.80. The summed E-state index contributed by atoms with van der Waals surface area (Å²) in [5, 5.41) is 0. The van der Waals surface area contributed by atoms with Gasteiger partial charge in [0.2, 0.25) is 0 Å². The zero-order valence-corrected chi connectivity index (χ0v) is 9.94. The molecule has 1 aromatic rings. The Balaban J connectivity index is 2.37. The van der Waals surface area contributed by atoms with E-state index < -0.39 is 0 Å². The number of benzene rings is 1. The molecule has 16 heavy (non-hydrogen) atoms. The smallest absolute Gasteiger partial charge is 0.133 e. The fraction of sp³-hybridized carbons (Fsp3) is 0.400. The van der Waals surface area contributed by atoms with E-state index in [1.165, 1.54) is 11.1 Å². The van der Waals surface area contributed by atoms with Crippen LogP contribution in [0.1, 0.15) is 31.7 Å². The van der Waals surface area contributed by atoms with Crippen LogP contribution in [-0.2, 0) is 4.79 Å². The van der Waals surface area contributed by atoms with E-state index in [9.17, 15) is 4.79 Å². The third-order valence-corrected chi connectivity index (χ3v) is 3.80. The average molecular weight is 214 g/mol. The number of hydrogen-bond donors (Lipinski definition) is 0. The minimum atomic E-state index is 0.130. The molecule has 0 saturated heterocycles. The molecule has 1 heteroatoms. The number of rotatable bonds is 2. The molecule has 1 unspecified atom stereocenters. The Morgan fingerprint density at radius 1 is 1.31 bits per heavy atom. The van der Waals surface area contributed by atoms with Gasteiger partial charge < -0.3 is 0 Å². The molecule has 1 aromatic carbocycles. The van der Waals surface area contributed by atoms with Gasteiger partial charge in [-0.3, -0.25) is 4.79 Å². The van der Waals surface area contributed by atoms with Crippen molar-refractivity contribution in [3.05, 3.63) is 48.0 Å². The van der Waals surface area contributed by atoms with Gasteiger partial charge in [0.05, 0.1) is 0 Å². The molecule has 0 aromatic heterocycles. The number of carbonyl (C=O) groups is 1. The lowest BCUT2D eigenvalue weighted by Crippen LogP contribution is -2.17. The normalized spacial score (nSPS) is 29.4. The summed E-state index contributed by atoms with van der Waals surface area (Å²) >= 11 is 0. The molecule has 0 N–H and O–H groups in total. The van der Waals surface area contributed by atoms with Crippen molar-refractivity contribution in [1.82, 2.24) is 0 Å². The summed E-state index contributed by atoms with van der Waals surface area (Å²) in [6, 6.07) is 10.3. The number of ketones is 1. The fourth-order valence-electron chi connectivity index (χ4n) is 2.79. The van der Waals surface area contributed by atoms with Gasteiger partial charge in [0.25, 0.3) is 0 Å². The van der Waals surface area contributed by atoms with Gasteiger partial charge in [0, 0.05) is 11.8 Å². The maximum atomic E-state index is 11.7. The topological polar surface area (TPSA) is 17.1 Å². The summed E-state index contributed by atoms with van der Waals surface area (Å²) in [5.74, 6) is 1.16. The highest BCUT2D eigenvalue weighted by atomic mass is 16.1. The molecular weight excluding hydrogens is 196 g/mol. The highest BCUT2D eigenvalue weighted by Crippen LogP contribution is 2.46. The van der Waals surface area contributed by atoms with E-state index in [2.05, 4.69) is 25.6 Å². The Morgan fingerprint density at radius 3 is 2.50 bits per heavy atom. The van der Waals surface area contributed by atoms with Gasteiger partial charge in [-0.05, 0) is 24.8 Å². The quantitative estimate of drug-likeness (QED) is 0.688. The summed E-state index contributed by atoms with van der Waals surface area (Å²) in [6.07, 6.45) is 0.857. The second-order valence-electron chi connectivity index (χ2n) is 4.80. The van der Waals surface area contributed by atoms with Crippen molar-refractivity contribution in [2.45, 2.75) is 26.2 Å². The van der Waals surface area contributed by atoms with E-state index in [4.69, 9.17) is 0 Å². The first-order valence-corrected chi connectivity index (χ1v) is 5.84. The van der Waals surface area contributed by atoms with Crippen molar-refractivity contribution in [2.75, 3.05) is 0 Å². The molecule has 84 valence electrons. The summed E-state index contributed by atoms with van der Waals surface area (Å²) in [6.45, 7) is 7.98. The van der Waals surface area contributed by atoms with Crippen LogP contribution in [0.4, 0.5) is 0 Å². The molecule has 0 bridgehead atoms. The highest BCUT2D eigenvalue weighted by molar-refractivity contribution is 5.80. The minimum absolute atomic E-state index is 0.130. The maximum Gasteiger partial charge on any atom is 0.133 e. The Kier molecular flexibility index (Phi) is 2.95. The van der Waals surface area contributed by atoms with Gasteiger partial charge in [0.1, 0.15) is 5.78 Å². The number of allylic oxidation sites excluding steroid dienone is 1. The lowest BCUT2D eigenvalue weighted by atomic mass is 9.82. The van der Waals surface area contributed by atoms with E-state index in [0.29, 0.717) is 17.6 Å². The highest BCUT2D eigenvalue weighted by Gasteiger charge is 2.39. The van der Waals surface area contributed by atoms with Crippen LogP contribution < -0.4 is 0 Å². The van der Waals surface area contributed by atoms with E-state index in [1.807, 2.05) is 18.2 Å². The number of carbonyl (C=O) groups excluding carboxylic acids is 1. The molecule has 0 radical (unpaired) electrons. The zero-order valence-electron chi connectivity index (χ0n) is 9.94. The largest absolute Gasteiger partial charge is 0.300 e. The molecule has 0 amide bonds. The van der Waals surface area contributed by atoms with Gasteiger partial charge >= 0.3 is 0 Å². The molecule has 1 saturated carbocycles. The van der Waals surface area contributed by atoms with Crippen LogP contribution in [0.15, 0.2) is 42.5 Å². The van der Waals surface area contributed by atoms with Crippen LogP contribution >= 0.6 is 0 Å². The zero-order chi connectivity index (χ0) is 11.7. The molecule has 1 nitrogen and oxygen atoms in total. The molecule has 1 aliphatic rings. The first-order chi connectivity index (χ1) is 7.61. The predicted octanol–water partition coefficient (Wildman–Crippen LogP) is 3.57. The van der Waals surface area contributed by atoms with Crippen molar-refractivity contribution >= 4 is 5.78 Å². The van der Waals surface area contributed by atoms with Crippen molar-refractivity contribution in [3.63, 3.8) is 0 Å². The van der Waals surface area contributed by atoms with Crippen molar-refractivity contribution in [2.24, 2.45) is 11.8 Å². The minimum Gasteiger partial charge on any atom is -0.300 e. The maximum absolute atomic E-state index is 11.7. The standard InChI is InChI=1S/C15H18O/c1-10-9-14(12(3)16)15(11(10)2)13-7-5-4-6-8-13/h4-8,11,14-15H,1,9H2,2-3H3/t11?,14-,15-/m1/s1. The van der Waals surface area contributed by atoms with Crippen LogP contribution in [0.2, 0.25) is 0 Å². The molecule has 1 fully saturated rings. The van der Waals surface area contributed by atoms with E-state index in [-0.39, 0.29) is 5.92 Å². The van der Waals surface area contributed by atoms with Gasteiger partial charge in [-0.25, -0.2) is 0 Å². The third-order valence-electron chi connectivity index (χ3n) is 3.80. The third kappa shape index (κ3) is 1.82. The summed E-state index contributed by atoms with van der Waals surface area (Å²) in [5.41, 5.74) is 2.49. The Bertz CT molecular complexity index is 405. The molecule has 0 heterocycles. The molecule has 2 rings (SSSR count). The van der Waals surface area contributed by atoms with Crippen molar-refractivity contribution in [1.29, 1.82) is 0 Å². The van der Waals surface area contributed by atoms with Gasteiger partial charge in [-0.2, -0.15) is 0 Å². The Labute approximate surface area is 97.2 Å². The summed E-state index contributed by atoms with van der Waals surface area (Å²) < 4.78 is 0. The lowest BCUT2D eigenvalue weighted by molar-refractivity contribution is -0.121. The van der Waals surface area contributed by atoms with E-state index >= 15 is 0 Å². The van der Waals surface area contributed by atoms with E-state index in [0.717, 1.165) is 6.42 Å². The van der Waals surface area contributed by atoms with Gasteiger partial charge in [0.15, 0.2) is 0 Å². The fourth-order valence-corrected chi connectivity index (χ4v) is 2.79. The predicted molar refractivity (Wildman–Crippen MR) is 66.3 cm³/mol. The Morgan fingerprint density at radius 2 is 1.94 bits per heavy atom. The molecule has 0 spiro atoms. The average Bonchev–Trinajstić information content (AvgIpc) is 2.57. The summed E-state index contributed by atoms with van der Waals surface area (Å²) in [7, 11) is 0. The van der Waals surface area contributed by atoms with Crippen LogP contribution in [0.5, 0.6) is 0 Å².